The Morgan fingerprint density at radius 3 is 2.00 bits per heavy atom. The molecular formula is C41H55N3O10S. The van der Waals surface area contributed by atoms with Crippen molar-refractivity contribution in [2.45, 2.75) is 110 Å². The number of hydrogen-bond acceptors (Lipinski definition) is 9. The van der Waals surface area contributed by atoms with Crippen molar-refractivity contribution < 1.29 is 46.9 Å². The molecule has 3 N–H and O–H groups in total. The second kappa shape index (κ2) is 18.5. The van der Waals surface area contributed by atoms with Crippen molar-refractivity contribution >= 4 is 39.8 Å². The molecule has 2 amide bonds. The molecule has 0 aliphatic rings. The van der Waals surface area contributed by atoms with E-state index in [1.165, 1.54) is 25.1 Å². The average molecular weight is 782 g/mol. The number of aryl methyl sites for hydroxylation is 1. The number of aromatic carboxylic acids is 1. The van der Waals surface area contributed by atoms with Gasteiger partial charge in [0.2, 0.25) is 10.0 Å². The zero-order valence-electron chi connectivity index (χ0n) is 33.2. The van der Waals surface area contributed by atoms with Gasteiger partial charge in [-0.15, -0.1) is 0 Å². The summed E-state index contributed by atoms with van der Waals surface area (Å²) in [5.74, 6) is -2.11. The third kappa shape index (κ3) is 14.6. The minimum atomic E-state index is -3.75. The van der Waals surface area contributed by atoms with Gasteiger partial charge in [0.15, 0.2) is 0 Å². The largest absolute Gasteiger partial charge is 0.478 e. The normalized spacial score (nSPS) is 13.5. The number of carboxylic acids is 1. The molecule has 3 aromatic carbocycles. The predicted octanol–water partition coefficient (Wildman–Crippen LogP) is 7.33. The fraction of sp³-hybridized carbons (Fsp3) is 0.463. The van der Waals surface area contributed by atoms with Crippen LogP contribution in [0.1, 0.15) is 107 Å². The van der Waals surface area contributed by atoms with E-state index in [0.717, 1.165) is 21.7 Å². The smallest absolute Gasteiger partial charge is 0.408 e. The van der Waals surface area contributed by atoms with Crippen LogP contribution in [0.25, 0.3) is 0 Å². The van der Waals surface area contributed by atoms with E-state index in [2.05, 4.69) is 10.6 Å². The summed E-state index contributed by atoms with van der Waals surface area (Å²) in [6, 6.07) is 20.7. The fourth-order valence-corrected chi connectivity index (χ4v) is 6.79. The van der Waals surface area contributed by atoms with E-state index >= 15 is 0 Å². The first-order valence-electron chi connectivity index (χ1n) is 18.1. The number of benzene rings is 3. The van der Waals surface area contributed by atoms with E-state index in [-0.39, 0.29) is 35.8 Å². The second-order valence-corrected chi connectivity index (χ2v) is 17.6. The average Bonchev–Trinajstić information content (AvgIpc) is 3.06. The summed E-state index contributed by atoms with van der Waals surface area (Å²) >= 11 is 0. The van der Waals surface area contributed by atoms with Crippen LogP contribution in [-0.4, -0.2) is 67.2 Å². The van der Waals surface area contributed by atoms with E-state index in [4.69, 9.17) is 14.2 Å². The van der Waals surface area contributed by atoms with Crippen molar-refractivity contribution in [2.75, 3.05) is 17.1 Å². The highest BCUT2D eigenvalue weighted by Gasteiger charge is 2.38. The van der Waals surface area contributed by atoms with E-state index < -0.39 is 57.5 Å². The molecule has 14 heteroatoms. The molecule has 2 atom stereocenters. The van der Waals surface area contributed by atoms with Gasteiger partial charge in [-0.1, -0.05) is 61.5 Å². The molecule has 55 heavy (non-hydrogen) atoms. The molecule has 0 aromatic heterocycles. The minimum absolute atomic E-state index is 0.00401. The molecule has 0 aliphatic heterocycles. The summed E-state index contributed by atoms with van der Waals surface area (Å²) in [7, 11) is -3.75. The number of sulfonamides is 1. The highest BCUT2D eigenvalue weighted by Crippen LogP contribution is 2.26. The number of esters is 1. The summed E-state index contributed by atoms with van der Waals surface area (Å²) in [5, 5.41) is 15.4. The Bertz CT molecular complexity index is 1920. The highest BCUT2D eigenvalue weighted by atomic mass is 32.2. The molecule has 3 aromatic rings. The van der Waals surface area contributed by atoms with E-state index in [0.29, 0.717) is 24.8 Å². The molecule has 13 nitrogen and oxygen atoms in total. The SMILES string of the molecule is CCCN(c1cc(COC(=O)C(C)(Cc2cccc(CCC(NC(=O)OC(C)(C)C)c3ccccc3)c2)NC(=O)OC(C)(C)C)cc(C(=O)O)c1)S(C)(=O)=O. The first-order chi connectivity index (χ1) is 25.5. The zero-order valence-corrected chi connectivity index (χ0v) is 34.0. The van der Waals surface area contributed by atoms with Crippen LogP contribution in [0.2, 0.25) is 0 Å². The number of ether oxygens (including phenoxy) is 3. The highest BCUT2D eigenvalue weighted by molar-refractivity contribution is 7.92. The van der Waals surface area contributed by atoms with Crippen molar-refractivity contribution in [3.63, 3.8) is 0 Å². The van der Waals surface area contributed by atoms with Crippen LogP contribution in [0.15, 0.2) is 72.8 Å². The Balaban J connectivity index is 1.89. The van der Waals surface area contributed by atoms with E-state index in [1.54, 1.807) is 48.5 Å². The predicted molar refractivity (Wildman–Crippen MR) is 210 cm³/mol. The van der Waals surface area contributed by atoms with Gasteiger partial charge in [0.1, 0.15) is 23.3 Å². The van der Waals surface area contributed by atoms with Gasteiger partial charge in [0, 0.05) is 13.0 Å². The Kier molecular flexibility index (Phi) is 14.9. The molecule has 2 unspecified atom stereocenters. The lowest BCUT2D eigenvalue weighted by molar-refractivity contribution is -0.152. The van der Waals surface area contributed by atoms with E-state index in [1.807, 2.05) is 54.6 Å². The van der Waals surface area contributed by atoms with Gasteiger partial charge in [-0.3, -0.25) is 4.31 Å². The maximum absolute atomic E-state index is 13.9. The molecule has 0 heterocycles. The van der Waals surface area contributed by atoms with Crippen LogP contribution in [0, 0.1) is 0 Å². The summed E-state index contributed by atoms with van der Waals surface area (Å²) in [6.45, 7) is 13.5. The van der Waals surface area contributed by atoms with Crippen molar-refractivity contribution in [1.29, 1.82) is 0 Å². The van der Waals surface area contributed by atoms with Gasteiger partial charge in [-0.2, -0.15) is 0 Å². The molecule has 0 saturated heterocycles. The summed E-state index contributed by atoms with van der Waals surface area (Å²) < 4.78 is 42.9. The number of carbonyl (C=O) groups is 4. The summed E-state index contributed by atoms with van der Waals surface area (Å²) in [5.41, 5.74) is -0.483. The number of carbonyl (C=O) groups excluding carboxylic acids is 3. The first-order valence-corrected chi connectivity index (χ1v) is 20.0. The zero-order chi connectivity index (χ0) is 41.2. The molecule has 300 valence electrons. The number of anilines is 1. The molecule has 0 radical (unpaired) electrons. The van der Waals surface area contributed by atoms with Crippen molar-refractivity contribution in [2.24, 2.45) is 0 Å². The maximum Gasteiger partial charge on any atom is 0.408 e. The molecule has 0 fully saturated rings. The number of nitrogens with one attached hydrogen (secondary N) is 2. The Hall–Kier alpha value is -5.11. The summed E-state index contributed by atoms with van der Waals surface area (Å²) in [4.78, 5) is 51.7. The number of amides is 2. The Labute approximate surface area is 324 Å². The van der Waals surface area contributed by atoms with Crippen LogP contribution in [0.5, 0.6) is 0 Å². The van der Waals surface area contributed by atoms with Crippen molar-refractivity contribution in [3.05, 3.63) is 101 Å². The molecule has 3 rings (SSSR count). The lowest BCUT2D eigenvalue weighted by atomic mass is 9.91. The maximum atomic E-state index is 13.9. The quantitative estimate of drug-likeness (QED) is 0.0985. The Morgan fingerprint density at radius 2 is 1.42 bits per heavy atom. The number of hydrogen-bond donors (Lipinski definition) is 3. The van der Waals surface area contributed by atoms with Gasteiger partial charge in [-0.05, 0) is 108 Å². The number of rotatable bonds is 16. The molecular weight excluding hydrogens is 727 g/mol. The minimum Gasteiger partial charge on any atom is -0.478 e. The fourth-order valence-electron chi connectivity index (χ4n) is 5.79. The van der Waals surface area contributed by atoms with Gasteiger partial charge in [-0.25, -0.2) is 27.6 Å². The van der Waals surface area contributed by atoms with Crippen LogP contribution >= 0.6 is 0 Å². The topological polar surface area (TPSA) is 178 Å². The number of alkyl carbamates (subject to hydrolysis) is 2. The van der Waals surface area contributed by atoms with E-state index in [9.17, 15) is 32.7 Å². The summed E-state index contributed by atoms with van der Waals surface area (Å²) in [6.07, 6.45) is 1.21. The monoisotopic (exact) mass is 781 g/mol. The van der Waals surface area contributed by atoms with Crippen LogP contribution in [-0.2, 0) is 48.5 Å². The third-order valence-corrected chi connectivity index (χ3v) is 9.29. The second-order valence-electron chi connectivity index (χ2n) is 15.7. The van der Waals surface area contributed by atoms with Gasteiger partial charge < -0.3 is 30.0 Å². The third-order valence-electron chi connectivity index (χ3n) is 8.10. The van der Waals surface area contributed by atoms with Crippen LogP contribution in [0.3, 0.4) is 0 Å². The number of nitrogens with zero attached hydrogens (tertiary/aromatic N) is 1. The van der Waals surface area contributed by atoms with Crippen molar-refractivity contribution in [1.82, 2.24) is 10.6 Å². The van der Waals surface area contributed by atoms with Gasteiger partial charge in [0.05, 0.1) is 23.5 Å². The van der Waals surface area contributed by atoms with Crippen LogP contribution in [0.4, 0.5) is 15.3 Å². The van der Waals surface area contributed by atoms with Gasteiger partial charge >= 0.3 is 24.1 Å². The number of carboxylic acid groups (broad SMARTS) is 1. The van der Waals surface area contributed by atoms with Crippen LogP contribution < -0.4 is 14.9 Å². The van der Waals surface area contributed by atoms with Crippen molar-refractivity contribution in [3.8, 4) is 0 Å². The standard InChI is InChI=1S/C41H55N3O10S/c1-10-21-44(55(9,50)51)33-24-30(23-32(25-33)35(45)46)27-52-36(47)41(8,43-38(49)54-40(5,6)7)26-29-16-14-15-28(22-29)19-20-34(31-17-12-11-13-18-31)42-37(48)53-39(2,3)4/h11-18,22-25,34H,10,19-21,26-27H2,1-9H3,(H,42,48)(H,43,49)(H,45,46). The lowest BCUT2D eigenvalue weighted by Gasteiger charge is -2.30. The molecule has 0 saturated carbocycles. The Morgan fingerprint density at radius 1 is 0.800 bits per heavy atom. The first kappa shape index (κ1) is 44.3. The molecule has 0 bridgehead atoms. The molecule has 0 spiro atoms. The lowest BCUT2D eigenvalue weighted by Crippen LogP contribution is -2.55. The van der Waals surface area contributed by atoms with Gasteiger partial charge in [0.25, 0.3) is 0 Å². The molecule has 0 aliphatic carbocycles.